The van der Waals surface area contributed by atoms with Crippen LogP contribution in [0.1, 0.15) is 59.8 Å². The van der Waals surface area contributed by atoms with Crippen molar-refractivity contribution < 1.29 is 28.6 Å². The van der Waals surface area contributed by atoms with Gasteiger partial charge in [-0.05, 0) is 26.2 Å². The van der Waals surface area contributed by atoms with Crippen LogP contribution in [0.5, 0.6) is 0 Å². The number of thioether (sulfide) groups is 1. The minimum absolute atomic E-state index is 0.277. The Morgan fingerprint density at radius 2 is 1.77 bits per heavy atom. The van der Waals surface area contributed by atoms with Gasteiger partial charge in [0.1, 0.15) is 0 Å². The number of hydrogen-bond acceptors (Lipinski definition) is 7. The van der Waals surface area contributed by atoms with E-state index < -0.39 is 11.3 Å². The van der Waals surface area contributed by atoms with Crippen LogP contribution in [0.4, 0.5) is 0 Å². The van der Waals surface area contributed by atoms with Gasteiger partial charge in [0.05, 0.1) is 38.1 Å². The van der Waals surface area contributed by atoms with Crippen LogP contribution in [0.3, 0.4) is 0 Å². The molecule has 0 aromatic heterocycles. The third-order valence-electron chi connectivity index (χ3n) is 3.93. The number of carbonyl (C=O) groups excluding carboxylic acids is 3. The highest BCUT2D eigenvalue weighted by molar-refractivity contribution is 7.99. The highest BCUT2D eigenvalue weighted by Crippen LogP contribution is 2.33. The zero-order chi connectivity index (χ0) is 20.0. The number of carbonyl (C=O) groups is 3. The molecule has 0 saturated heterocycles. The van der Waals surface area contributed by atoms with Crippen LogP contribution in [-0.2, 0) is 28.6 Å². The van der Waals surface area contributed by atoms with Gasteiger partial charge in [-0.3, -0.25) is 14.4 Å². The van der Waals surface area contributed by atoms with E-state index in [-0.39, 0.29) is 24.3 Å². The Hall–Kier alpha value is -1.24. The van der Waals surface area contributed by atoms with Gasteiger partial charge >= 0.3 is 17.9 Å². The Bertz CT molecular complexity index is 440. The lowest BCUT2D eigenvalue weighted by Crippen LogP contribution is -2.36. The van der Waals surface area contributed by atoms with E-state index in [4.69, 9.17) is 9.47 Å². The minimum Gasteiger partial charge on any atom is -0.469 e. The van der Waals surface area contributed by atoms with Crippen LogP contribution in [0, 0.1) is 11.3 Å². The molecule has 0 amide bonds. The highest BCUT2D eigenvalue weighted by atomic mass is 32.2. The molecular formula is C19H34O6S. The quantitative estimate of drug-likeness (QED) is 0.255. The Balaban J connectivity index is 4.77. The Morgan fingerprint density at radius 3 is 2.35 bits per heavy atom. The number of unbranched alkanes of at least 4 members (excludes halogenated alkanes) is 1. The monoisotopic (exact) mass is 390 g/mol. The van der Waals surface area contributed by atoms with Gasteiger partial charge in [0.2, 0.25) is 0 Å². The fourth-order valence-corrected chi connectivity index (χ4v) is 3.49. The molecule has 0 rings (SSSR count). The standard InChI is InChI=1S/C19H34O6S/c1-6-8-11-24-17(21)15(3)13-19(4,18(22)25-10-7-2)14-26-12-9-16(20)23-5/h15H,6-14H2,1-5H3. The molecule has 0 aliphatic heterocycles. The van der Waals surface area contributed by atoms with E-state index in [1.165, 1.54) is 18.9 Å². The molecule has 0 N–H and O–H groups in total. The van der Waals surface area contributed by atoms with E-state index in [0.29, 0.717) is 31.1 Å². The summed E-state index contributed by atoms with van der Waals surface area (Å²) >= 11 is 1.49. The molecule has 0 spiro atoms. The summed E-state index contributed by atoms with van der Waals surface area (Å²) < 4.78 is 15.2. The molecule has 152 valence electrons. The van der Waals surface area contributed by atoms with Crippen molar-refractivity contribution >= 4 is 29.7 Å². The average Bonchev–Trinajstić information content (AvgIpc) is 2.62. The van der Waals surface area contributed by atoms with Crippen molar-refractivity contribution in [2.45, 2.75) is 59.8 Å². The van der Waals surface area contributed by atoms with E-state index in [1.54, 1.807) is 6.92 Å². The first-order valence-corrected chi connectivity index (χ1v) is 10.4. The highest BCUT2D eigenvalue weighted by Gasteiger charge is 2.38. The lowest BCUT2D eigenvalue weighted by Gasteiger charge is -2.29. The maximum Gasteiger partial charge on any atom is 0.312 e. The summed E-state index contributed by atoms with van der Waals surface area (Å²) in [5, 5.41) is 0. The first-order valence-electron chi connectivity index (χ1n) is 9.29. The van der Waals surface area contributed by atoms with E-state index in [2.05, 4.69) is 4.74 Å². The van der Waals surface area contributed by atoms with E-state index in [1.807, 2.05) is 20.8 Å². The smallest absolute Gasteiger partial charge is 0.312 e. The average molecular weight is 391 g/mol. The van der Waals surface area contributed by atoms with Gasteiger partial charge in [0.25, 0.3) is 0 Å². The van der Waals surface area contributed by atoms with Gasteiger partial charge in [0, 0.05) is 11.5 Å². The van der Waals surface area contributed by atoms with Crippen LogP contribution in [-0.4, -0.2) is 49.7 Å². The van der Waals surface area contributed by atoms with Gasteiger partial charge in [0.15, 0.2) is 0 Å². The lowest BCUT2D eigenvalue weighted by atomic mass is 9.83. The number of hydrogen-bond donors (Lipinski definition) is 0. The van der Waals surface area contributed by atoms with Gasteiger partial charge in [-0.25, -0.2) is 0 Å². The van der Waals surface area contributed by atoms with Gasteiger partial charge < -0.3 is 14.2 Å². The normalized spacial score (nSPS) is 14.2. The van der Waals surface area contributed by atoms with Crippen LogP contribution < -0.4 is 0 Å². The predicted octanol–water partition coefficient (Wildman–Crippen LogP) is 3.61. The number of esters is 3. The lowest BCUT2D eigenvalue weighted by molar-refractivity contribution is -0.157. The summed E-state index contributed by atoms with van der Waals surface area (Å²) in [6, 6.07) is 0. The molecule has 0 fully saturated rings. The number of ether oxygens (including phenoxy) is 3. The zero-order valence-electron chi connectivity index (χ0n) is 16.8. The van der Waals surface area contributed by atoms with Crippen molar-refractivity contribution in [3.63, 3.8) is 0 Å². The van der Waals surface area contributed by atoms with Crippen molar-refractivity contribution in [2.75, 3.05) is 31.8 Å². The van der Waals surface area contributed by atoms with Gasteiger partial charge in [-0.2, -0.15) is 11.8 Å². The first-order chi connectivity index (χ1) is 12.3. The predicted molar refractivity (Wildman–Crippen MR) is 103 cm³/mol. The second kappa shape index (κ2) is 13.9. The molecule has 0 aliphatic rings. The van der Waals surface area contributed by atoms with E-state index in [9.17, 15) is 14.4 Å². The molecule has 2 atom stereocenters. The summed E-state index contributed by atoms with van der Waals surface area (Å²) in [6.45, 7) is 8.32. The molecule has 0 aromatic carbocycles. The van der Waals surface area contributed by atoms with Crippen molar-refractivity contribution in [1.29, 1.82) is 0 Å². The fraction of sp³-hybridized carbons (Fsp3) is 0.842. The van der Waals surface area contributed by atoms with E-state index >= 15 is 0 Å². The van der Waals surface area contributed by atoms with Gasteiger partial charge in [-0.15, -0.1) is 0 Å². The van der Waals surface area contributed by atoms with Crippen molar-refractivity contribution in [3.05, 3.63) is 0 Å². The summed E-state index contributed by atoms with van der Waals surface area (Å²) in [4.78, 5) is 35.9. The molecule has 0 bridgehead atoms. The summed E-state index contributed by atoms with van der Waals surface area (Å²) in [6.07, 6.45) is 3.17. The molecule has 7 heteroatoms. The molecule has 26 heavy (non-hydrogen) atoms. The summed E-state index contributed by atoms with van der Waals surface area (Å²) in [5.41, 5.74) is -0.806. The maximum absolute atomic E-state index is 12.5. The molecule has 0 saturated carbocycles. The Kier molecular flexibility index (Phi) is 13.2. The number of methoxy groups -OCH3 is 1. The Labute approximate surface area is 161 Å². The van der Waals surface area contributed by atoms with Crippen LogP contribution >= 0.6 is 11.8 Å². The van der Waals surface area contributed by atoms with Gasteiger partial charge in [-0.1, -0.05) is 27.2 Å². The third kappa shape index (κ3) is 10.0. The molecule has 6 nitrogen and oxygen atoms in total. The molecular weight excluding hydrogens is 356 g/mol. The molecule has 0 aromatic rings. The second-order valence-electron chi connectivity index (χ2n) is 6.70. The largest absolute Gasteiger partial charge is 0.469 e. The van der Waals surface area contributed by atoms with Crippen molar-refractivity contribution in [3.8, 4) is 0 Å². The minimum atomic E-state index is -0.806. The summed E-state index contributed by atoms with van der Waals surface area (Å²) in [7, 11) is 1.35. The third-order valence-corrected chi connectivity index (χ3v) is 5.26. The molecule has 2 unspecified atom stereocenters. The second-order valence-corrected chi connectivity index (χ2v) is 7.81. The molecule has 0 radical (unpaired) electrons. The topological polar surface area (TPSA) is 78.9 Å². The van der Waals surface area contributed by atoms with E-state index in [0.717, 1.165) is 19.3 Å². The summed E-state index contributed by atoms with van der Waals surface area (Å²) in [5.74, 6) is -0.240. The SMILES string of the molecule is CCCCOC(=O)C(C)CC(C)(CSCCC(=O)OC)C(=O)OCCC. The van der Waals surface area contributed by atoms with Crippen LogP contribution in [0.25, 0.3) is 0 Å². The number of rotatable bonds is 14. The first kappa shape index (κ1) is 24.8. The van der Waals surface area contributed by atoms with Crippen LogP contribution in [0.2, 0.25) is 0 Å². The van der Waals surface area contributed by atoms with Crippen molar-refractivity contribution in [2.24, 2.45) is 11.3 Å². The maximum atomic E-state index is 12.5. The molecule has 0 aliphatic carbocycles. The van der Waals surface area contributed by atoms with Crippen molar-refractivity contribution in [1.82, 2.24) is 0 Å². The fourth-order valence-electron chi connectivity index (χ4n) is 2.34. The molecule has 0 heterocycles. The Morgan fingerprint density at radius 1 is 1.08 bits per heavy atom. The zero-order valence-corrected chi connectivity index (χ0v) is 17.6. The van der Waals surface area contributed by atoms with Crippen LogP contribution in [0.15, 0.2) is 0 Å².